The van der Waals surface area contributed by atoms with Gasteiger partial charge in [0.2, 0.25) is 0 Å². The first-order chi connectivity index (χ1) is 4.30. The Bertz CT molecular complexity index is 150. The van der Waals surface area contributed by atoms with Crippen LogP contribution in [0.5, 0.6) is 0 Å². The molecule has 0 aromatic carbocycles. The van der Waals surface area contributed by atoms with Gasteiger partial charge in [0.1, 0.15) is 0 Å². The number of hydrogen-bond donors (Lipinski definition) is 0. The third-order valence-electron chi connectivity index (χ3n) is 1.40. The highest BCUT2D eigenvalue weighted by Crippen LogP contribution is 2.29. The predicted octanol–water partition coefficient (Wildman–Crippen LogP) is 3.32. The molecule has 0 aromatic rings. The molecule has 1 heteroatoms. The molecule has 0 amide bonds. The van der Waals surface area contributed by atoms with Crippen molar-refractivity contribution >= 4 is 11.8 Å². The van der Waals surface area contributed by atoms with Crippen LogP contribution in [0.4, 0.5) is 0 Å². The van der Waals surface area contributed by atoms with E-state index in [4.69, 9.17) is 0 Å². The summed E-state index contributed by atoms with van der Waals surface area (Å²) in [4.78, 5) is 1.55. The summed E-state index contributed by atoms with van der Waals surface area (Å²) in [5.74, 6) is 0. The highest BCUT2D eigenvalue weighted by atomic mass is 32.2. The van der Waals surface area contributed by atoms with Crippen molar-refractivity contribution in [3.63, 3.8) is 0 Å². The van der Waals surface area contributed by atoms with Crippen molar-refractivity contribution in [2.24, 2.45) is 0 Å². The van der Waals surface area contributed by atoms with E-state index in [1.807, 2.05) is 11.8 Å². The van der Waals surface area contributed by atoms with Gasteiger partial charge in [-0.2, -0.15) is 0 Å². The molecule has 0 spiro atoms. The molecular formula is C8H12S. The Morgan fingerprint density at radius 2 is 2.33 bits per heavy atom. The zero-order valence-electron chi connectivity index (χ0n) is 5.98. The summed E-state index contributed by atoms with van der Waals surface area (Å²) in [6, 6.07) is 0. The average molecular weight is 140 g/mol. The van der Waals surface area contributed by atoms with Gasteiger partial charge in [0.25, 0.3) is 0 Å². The van der Waals surface area contributed by atoms with Crippen LogP contribution in [0.3, 0.4) is 0 Å². The molecule has 0 aliphatic carbocycles. The molecule has 0 aromatic heterocycles. The molecular weight excluding hydrogens is 128 g/mol. The zero-order valence-corrected chi connectivity index (χ0v) is 6.79. The van der Waals surface area contributed by atoms with Crippen molar-refractivity contribution in [3.8, 4) is 0 Å². The third-order valence-corrected chi connectivity index (χ3v) is 2.63. The smallest absolute Gasteiger partial charge is 0.0119 e. The van der Waals surface area contributed by atoms with E-state index in [1.54, 1.807) is 4.91 Å². The topological polar surface area (TPSA) is 0 Å². The van der Waals surface area contributed by atoms with Crippen LogP contribution in [0.1, 0.15) is 26.7 Å². The number of allylic oxidation sites excluding steroid dienone is 3. The van der Waals surface area contributed by atoms with Gasteiger partial charge in [0, 0.05) is 0 Å². The zero-order chi connectivity index (χ0) is 6.69. The molecule has 50 valence electrons. The van der Waals surface area contributed by atoms with E-state index in [0.717, 1.165) is 0 Å². The van der Waals surface area contributed by atoms with Gasteiger partial charge >= 0.3 is 0 Å². The standard InChI is InChI=1S/C8H12S/c1-7(2)8-5-3-4-6-9-8/h4,6H,3,5H2,1-2H3. The van der Waals surface area contributed by atoms with E-state index in [1.165, 1.54) is 18.4 Å². The van der Waals surface area contributed by atoms with E-state index in [0.29, 0.717) is 0 Å². The first kappa shape index (κ1) is 6.94. The number of thioether (sulfide) groups is 1. The highest BCUT2D eigenvalue weighted by Gasteiger charge is 2.00. The summed E-state index contributed by atoms with van der Waals surface area (Å²) in [6.45, 7) is 4.36. The maximum Gasteiger partial charge on any atom is -0.0119 e. The highest BCUT2D eigenvalue weighted by molar-refractivity contribution is 8.05. The fraction of sp³-hybridized carbons (Fsp3) is 0.500. The Labute approximate surface area is 61.0 Å². The van der Waals surface area contributed by atoms with E-state index in [9.17, 15) is 0 Å². The SMILES string of the molecule is CC(C)=C1CCC=CS1. The Balaban J connectivity index is 2.64. The number of hydrogen-bond acceptors (Lipinski definition) is 1. The van der Waals surface area contributed by atoms with E-state index < -0.39 is 0 Å². The maximum atomic E-state index is 2.23. The number of rotatable bonds is 0. The van der Waals surface area contributed by atoms with Crippen molar-refractivity contribution < 1.29 is 0 Å². The molecule has 1 heterocycles. The summed E-state index contributed by atoms with van der Waals surface area (Å²) < 4.78 is 0. The monoisotopic (exact) mass is 140 g/mol. The molecule has 9 heavy (non-hydrogen) atoms. The molecule has 0 atom stereocenters. The summed E-state index contributed by atoms with van der Waals surface area (Å²) in [5.41, 5.74) is 1.48. The van der Waals surface area contributed by atoms with Crippen molar-refractivity contribution in [1.29, 1.82) is 0 Å². The molecule has 1 rings (SSSR count). The lowest BCUT2D eigenvalue weighted by molar-refractivity contribution is 1.01. The quantitative estimate of drug-likeness (QED) is 0.497. The molecule has 0 N–H and O–H groups in total. The van der Waals surface area contributed by atoms with Crippen LogP contribution in [-0.4, -0.2) is 0 Å². The minimum atomic E-state index is 1.23. The van der Waals surface area contributed by atoms with Crippen LogP contribution in [0.25, 0.3) is 0 Å². The van der Waals surface area contributed by atoms with Crippen molar-refractivity contribution in [2.45, 2.75) is 26.7 Å². The van der Waals surface area contributed by atoms with Gasteiger partial charge in [-0.3, -0.25) is 0 Å². The second kappa shape index (κ2) is 3.11. The van der Waals surface area contributed by atoms with Crippen LogP contribution in [0.15, 0.2) is 22.0 Å². The molecule has 1 aliphatic rings. The average Bonchev–Trinajstić information content (AvgIpc) is 1.90. The van der Waals surface area contributed by atoms with E-state index >= 15 is 0 Å². The van der Waals surface area contributed by atoms with Gasteiger partial charge in [0.15, 0.2) is 0 Å². The van der Waals surface area contributed by atoms with Gasteiger partial charge < -0.3 is 0 Å². The fourth-order valence-corrected chi connectivity index (χ4v) is 1.71. The minimum Gasteiger partial charge on any atom is -0.103 e. The largest absolute Gasteiger partial charge is 0.103 e. The Hall–Kier alpha value is -0.170. The lowest BCUT2D eigenvalue weighted by Gasteiger charge is -2.08. The second-order valence-corrected chi connectivity index (χ2v) is 3.45. The van der Waals surface area contributed by atoms with Crippen LogP contribution in [-0.2, 0) is 0 Å². The van der Waals surface area contributed by atoms with Crippen LogP contribution in [0.2, 0.25) is 0 Å². The van der Waals surface area contributed by atoms with Crippen LogP contribution >= 0.6 is 11.8 Å². The van der Waals surface area contributed by atoms with Crippen molar-refractivity contribution in [1.82, 2.24) is 0 Å². The molecule has 0 fully saturated rings. The van der Waals surface area contributed by atoms with Crippen LogP contribution < -0.4 is 0 Å². The lowest BCUT2D eigenvalue weighted by atomic mass is 10.2. The van der Waals surface area contributed by atoms with Gasteiger partial charge in [-0.05, 0) is 37.0 Å². The second-order valence-electron chi connectivity index (χ2n) is 2.45. The first-order valence-electron chi connectivity index (χ1n) is 3.28. The third kappa shape index (κ3) is 1.90. The maximum absolute atomic E-state index is 2.23. The minimum absolute atomic E-state index is 1.23. The van der Waals surface area contributed by atoms with Crippen molar-refractivity contribution in [2.75, 3.05) is 0 Å². The van der Waals surface area contributed by atoms with Crippen molar-refractivity contribution in [3.05, 3.63) is 22.0 Å². The molecule has 0 saturated heterocycles. The van der Waals surface area contributed by atoms with E-state index in [-0.39, 0.29) is 0 Å². The fourth-order valence-electron chi connectivity index (χ4n) is 0.839. The molecule has 0 bridgehead atoms. The van der Waals surface area contributed by atoms with Gasteiger partial charge in [-0.25, -0.2) is 0 Å². The Morgan fingerprint density at radius 1 is 1.56 bits per heavy atom. The Kier molecular flexibility index (Phi) is 2.40. The van der Waals surface area contributed by atoms with Gasteiger partial charge in [-0.1, -0.05) is 11.6 Å². The molecule has 0 radical (unpaired) electrons. The summed E-state index contributed by atoms with van der Waals surface area (Å²) in [5, 5.41) is 2.19. The molecule has 0 unspecified atom stereocenters. The normalized spacial score (nSPS) is 18.2. The predicted molar refractivity (Wildman–Crippen MR) is 44.3 cm³/mol. The van der Waals surface area contributed by atoms with Gasteiger partial charge in [0.05, 0.1) is 0 Å². The van der Waals surface area contributed by atoms with Gasteiger partial charge in [-0.15, -0.1) is 11.8 Å². The first-order valence-corrected chi connectivity index (χ1v) is 4.16. The summed E-state index contributed by atoms with van der Waals surface area (Å²) in [6.07, 6.45) is 4.72. The summed E-state index contributed by atoms with van der Waals surface area (Å²) >= 11 is 1.87. The van der Waals surface area contributed by atoms with E-state index in [2.05, 4.69) is 25.3 Å². The molecule has 1 aliphatic heterocycles. The summed E-state index contributed by atoms with van der Waals surface area (Å²) in [7, 11) is 0. The van der Waals surface area contributed by atoms with Crippen LogP contribution in [0, 0.1) is 0 Å². The Morgan fingerprint density at radius 3 is 2.67 bits per heavy atom. The molecule has 0 saturated carbocycles. The lowest BCUT2D eigenvalue weighted by Crippen LogP contribution is -1.83. The molecule has 0 nitrogen and oxygen atoms in total.